The summed E-state index contributed by atoms with van der Waals surface area (Å²) in [4.78, 5) is 20.9. The molecule has 9 nitrogen and oxygen atoms in total. The Labute approximate surface area is 206 Å². The fourth-order valence-electron chi connectivity index (χ4n) is 5.05. The molecule has 1 amide bonds. The zero-order valence-electron chi connectivity index (χ0n) is 19.6. The van der Waals surface area contributed by atoms with Crippen LogP contribution < -0.4 is 4.74 Å². The van der Waals surface area contributed by atoms with Gasteiger partial charge in [0.2, 0.25) is 0 Å². The van der Waals surface area contributed by atoms with Crippen LogP contribution in [0.3, 0.4) is 0 Å². The van der Waals surface area contributed by atoms with E-state index in [4.69, 9.17) is 18.9 Å². The molecule has 2 fully saturated rings. The second kappa shape index (κ2) is 9.20. The Balaban J connectivity index is 1.19. The highest BCUT2D eigenvalue weighted by Crippen LogP contribution is 2.32. The summed E-state index contributed by atoms with van der Waals surface area (Å²) in [6, 6.07) is 10.7. The van der Waals surface area contributed by atoms with Crippen molar-refractivity contribution < 1.29 is 33.2 Å². The molecular weight excluding hydrogens is 469 g/mol. The molecule has 10 heteroatoms. The Bertz CT molecular complexity index is 1320. The molecule has 0 unspecified atom stereocenters. The molecule has 0 saturated carbocycles. The molecule has 3 aliphatic rings. The highest BCUT2D eigenvalue weighted by molar-refractivity contribution is 5.81. The molecule has 0 bridgehead atoms. The van der Waals surface area contributed by atoms with Gasteiger partial charge in [0.15, 0.2) is 17.8 Å². The van der Waals surface area contributed by atoms with Crippen molar-refractivity contribution >= 4 is 22.7 Å². The van der Waals surface area contributed by atoms with Crippen molar-refractivity contribution in [3.8, 4) is 17.1 Å². The highest BCUT2D eigenvalue weighted by atomic mass is 19.1. The van der Waals surface area contributed by atoms with E-state index in [0.717, 1.165) is 17.6 Å². The zero-order valence-corrected chi connectivity index (χ0v) is 19.6. The van der Waals surface area contributed by atoms with Crippen molar-refractivity contribution in [3.05, 3.63) is 53.9 Å². The van der Waals surface area contributed by atoms with Gasteiger partial charge in [0.25, 0.3) is 0 Å². The van der Waals surface area contributed by atoms with Crippen molar-refractivity contribution in [2.75, 3.05) is 33.4 Å². The van der Waals surface area contributed by atoms with Crippen molar-refractivity contribution in [3.63, 3.8) is 0 Å². The van der Waals surface area contributed by atoms with E-state index in [1.165, 1.54) is 13.2 Å². The highest BCUT2D eigenvalue weighted by Gasteiger charge is 2.48. The molecule has 188 valence electrons. The minimum Gasteiger partial charge on any atom is -0.470 e. The molecule has 3 aliphatic heterocycles. The van der Waals surface area contributed by atoms with Gasteiger partial charge in [-0.15, -0.1) is 0 Å². The van der Waals surface area contributed by atoms with Crippen LogP contribution in [0.25, 0.3) is 27.9 Å². The standard InChI is InChI=1S/C26H26FN3O6/c1-33-26(32)30-8-6-15(7-9-30)14-2-4-16(5-3-14)23-17(27)10-18-19(29-23)11-22(28-18)36-21-13-35-24-20(31)12-34-25(21)24/h2-6,10-11,20-21,24-25,28,31H,7-9,12-13H2,1H3/t20-,21-,24-,25-/m1/s1. The molecule has 1 aromatic carbocycles. The van der Waals surface area contributed by atoms with Crippen LogP contribution in [0.15, 0.2) is 42.5 Å². The Morgan fingerprint density at radius 3 is 2.69 bits per heavy atom. The second-order valence-corrected chi connectivity index (χ2v) is 9.18. The maximum atomic E-state index is 15.0. The van der Waals surface area contributed by atoms with Crippen LogP contribution in [-0.2, 0) is 14.2 Å². The smallest absolute Gasteiger partial charge is 0.409 e. The van der Waals surface area contributed by atoms with Crippen LogP contribution in [0.4, 0.5) is 9.18 Å². The van der Waals surface area contributed by atoms with E-state index < -0.39 is 11.9 Å². The molecule has 5 heterocycles. The van der Waals surface area contributed by atoms with E-state index in [2.05, 4.69) is 9.97 Å². The minimum absolute atomic E-state index is 0.222. The van der Waals surface area contributed by atoms with E-state index in [-0.39, 0.29) is 36.7 Å². The van der Waals surface area contributed by atoms with Gasteiger partial charge < -0.3 is 33.9 Å². The van der Waals surface area contributed by atoms with Crippen LogP contribution in [0.2, 0.25) is 0 Å². The second-order valence-electron chi connectivity index (χ2n) is 9.18. The summed E-state index contributed by atoms with van der Waals surface area (Å²) >= 11 is 0. The molecule has 0 spiro atoms. The summed E-state index contributed by atoms with van der Waals surface area (Å²) in [5.41, 5.74) is 4.17. The normalized spacial score (nSPS) is 25.6. The van der Waals surface area contributed by atoms with Gasteiger partial charge in [0.05, 0.1) is 31.4 Å². The molecule has 2 saturated heterocycles. The third-order valence-corrected chi connectivity index (χ3v) is 6.96. The van der Waals surface area contributed by atoms with Gasteiger partial charge in [0, 0.05) is 30.8 Å². The van der Waals surface area contributed by atoms with Crippen LogP contribution in [0, 0.1) is 5.82 Å². The number of carbonyl (C=O) groups excluding carboxylic acids is 1. The molecule has 2 aromatic heterocycles. The number of nitrogens with zero attached hydrogens (tertiary/aromatic N) is 2. The third-order valence-electron chi connectivity index (χ3n) is 6.96. The molecule has 0 radical (unpaired) electrons. The fourth-order valence-corrected chi connectivity index (χ4v) is 5.05. The number of methoxy groups -OCH3 is 1. The summed E-state index contributed by atoms with van der Waals surface area (Å²) < 4.78 is 37.0. The molecule has 3 aromatic rings. The van der Waals surface area contributed by atoms with Crippen LogP contribution in [0.5, 0.6) is 5.88 Å². The van der Waals surface area contributed by atoms with E-state index in [1.54, 1.807) is 11.0 Å². The maximum absolute atomic E-state index is 15.0. The quantitative estimate of drug-likeness (QED) is 0.573. The summed E-state index contributed by atoms with van der Waals surface area (Å²) in [6.07, 6.45) is 0.648. The first kappa shape index (κ1) is 23.0. The topological polar surface area (TPSA) is 106 Å². The number of amides is 1. The number of ether oxygens (including phenoxy) is 4. The average Bonchev–Trinajstić information content (AvgIpc) is 3.60. The van der Waals surface area contributed by atoms with E-state index in [9.17, 15) is 14.3 Å². The number of rotatable bonds is 4. The number of halogens is 1. The van der Waals surface area contributed by atoms with Gasteiger partial charge in [0.1, 0.15) is 24.0 Å². The van der Waals surface area contributed by atoms with Gasteiger partial charge >= 0.3 is 6.09 Å². The minimum atomic E-state index is -0.653. The molecule has 6 rings (SSSR count). The summed E-state index contributed by atoms with van der Waals surface area (Å²) in [6.45, 7) is 1.61. The van der Waals surface area contributed by atoms with E-state index >= 15 is 0 Å². The lowest BCUT2D eigenvalue weighted by Crippen LogP contribution is -2.34. The number of hydrogen-bond acceptors (Lipinski definition) is 7. The lowest BCUT2D eigenvalue weighted by atomic mass is 9.98. The number of benzene rings is 1. The van der Waals surface area contributed by atoms with Crippen molar-refractivity contribution in [2.45, 2.75) is 30.8 Å². The van der Waals surface area contributed by atoms with Gasteiger partial charge in [-0.3, -0.25) is 0 Å². The maximum Gasteiger partial charge on any atom is 0.409 e. The number of hydrogen-bond donors (Lipinski definition) is 2. The molecule has 36 heavy (non-hydrogen) atoms. The first-order chi connectivity index (χ1) is 17.5. The van der Waals surface area contributed by atoms with Crippen LogP contribution in [0.1, 0.15) is 12.0 Å². The van der Waals surface area contributed by atoms with Gasteiger partial charge in [-0.25, -0.2) is 14.2 Å². The number of H-pyrrole nitrogens is 1. The number of aliphatic hydroxyl groups excluding tert-OH is 1. The zero-order chi connectivity index (χ0) is 24.8. The summed E-state index contributed by atoms with van der Waals surface area (Å²) in [5, 5.41) is 9.91. The van der Waals surface area contributed by atoms with Crippen molar-refractivity contribution in [2.24, 2.45) is 0 Å². The predicted molar refractivity (Wildman–Crippen MR) is 128 cm³/mol. The van der Waals surface area contributed by atoms with Crippen molar-refractivity contribution in [1.82, 2.24) is 14.9 Å². The fraction of sp³-hybridized carbons (Fsp3) is 0.385. The largest absolute Gasteiger partial charge is 0.470 e. The number of aromatic amines is 1. The van der Waals surface area contributed by atoms with E-state index in [0.29, 0.717) is 42.2 Å². The number of carbonyl (C=O) groups is 1. The molecular formula is C26H26FN3O6. The number of pyridine rings is 1. The predicted octanol–water partition coefficient (Wildman–Crippen LogP) is 3.13. The molecule has 2 N–H and O–H groups in total. The Morgan fingerprint density at radius 2 is 1.94 bits per heavy atom. The first-order valence-corrected chi connectivity index (χ1v) is 11.9. The van der Waals surface area contributed by atoms with Crippen LogP contribution in [-0.4, -0.2) is 83.9 Å². The Kier molecular flexibility index (Phi) is 5.87. The van der Waals surface area contributed by atoms with Crippen LogP contribution >= 0.6 is 0 Å². The summed E-state index contributed by atoms with van der Waals surface area (Å²) in [5.74, 6) is -0.00497. The van der Waals surface area contributed by atoms with Gasteiger partial charge in [-0.05, 0) is 17.6 Å². The summed E-state index contributed by atoms with van der Waals surface area (Å²) in [7, 11) is 1.38. The average molecular weight is 496 g/mol. The first-order valence-electron chi connectivity index (χ1n) is 11.9. The number of aliphatic hydroxyl groups is 1. The monoisotopic (exact) mass is 495 g/mol. The van der Waals surface area contributed by atoms with Gasteiger partial charge in [-0.2, -0.15) is 0 Å². The number of fused-ring (bicyclic) bond motifs is 2. The molecule has 4 atom stereocenters. The molecule has 0 aliphatic carbocycles. The van der Waals surface area contributed by atoms with Crippen molar-refractivity contribution in [1.29, 1.82) is 0 Å². The van der Waals surface area contributed by atoms with E-state index in [1.807, 2.05) is 30.3 Å². The lowest BCUT2D eigenvalue weighted by Gasteiger charge is -2.25. The SMILES string of the molecule is COC(=O)N1CC=C(c2ccc(-c3nc4cc(O[C@@H]5CO[C@H]6[C@@H]5OC[C@H]6O)[nH]c4cc3F)cc2)CC1. The Morgan fingerprint density at radius 1 is 1.17 bits per heavy atom. The van der Waals surface area contributed by atoms with Gasteiger partial charge in [-0.1, -0.05) is 30.3 Å². The number of nitrogens with one attached hydrogen (secondary N) is 1. The third kappa shape index (κ3) is 4.11. The Hall–Kier alpha value is -3.47. The lowest BCUT2D eigenvalue weighted by molar-refractivity contribution is 0.00794. The number of aromatic nitrogens is 2.